The molecule has 2 rings (SSSR count). The van der Waals surface area contributed by atoms with Crippen LogP contribution in [0.1, 0.15) is 22.8 Å². The van der Waals surface area contributed by atoms with Crippen LogP contribution in [-0.4, -0.2) is 43.0 Å². The number of aromatic hydroxyl groups is 1. The van der Waals surface area contributed by atoms with Gasteiger partial charge in [-0.15, -0.1) is 0 Å². The van der Waals surface area contributed by atoms with Gasteiger partial charge in [0, 0.05) is 18.6 Å². The lowest BCUT2D eigenvalue weighted by Gasteiger charge is -2.13. The topological polar surface area (TPSA) is 127 Å². The molecule has 0 fully saturated rings. The molecule has 0 aliphatic rings. The minimum atomic E-state index is -4.74. The van der Waals surface area contributed by atoms with E-state index in [4.69, 9.17) is 4.74 Å². The smallest absolute Gasteiger partial charge is 0.302 e. The van der Waals surface area contributed by atoms with Gasteiger partial charge in [0.15, 0.2) is 5.78 Å². The first-order valence-corrected chi connectivity index (χ1v) is 8.84. The van der Waals surface area contributed by atoms with Crippen LogP contribution in [0.25, 0.3) is 0 Å². The SMILES string of the molecule is CC(=O)OCCOc1cc(O)c(C(=O)c2ccccc2)cc1S(=O)(=O)O. The lowest BCUT2D eigenvalue weighted by molar-refractivity contribution is -0.141. The van der Waals surface area contributed by atoms with Crippen LogP contribution < -0.4 is 4.74 Å². The van der Waals surface area contributed by atoms with Crippen LogP contribution in [0.15, 0.2) is 47.4 Å². The summed E-state index contributed by atoms with van der Waals surface area (Å²) < 4.78 is 42.4. The number of rotatable bonds is 7. The molecule has 0 aliphatic heterocycles. The summed E-state index contributed by atoms with van der Waals surface area (Å²) in [7, 11) is -4.74. The average Bonchev–Trinajstić information content (AvgIpc) is 2.57. The molecule has 0 amide bonds. The van der Waals surface area contributed by atoms with E-state index in [0.717, 1.165) is 12.1 Å². The first-order valence-electron chi connectivity index (χ1n) is 7.40. The summed E-state index contributed by atoms with van der Waals surface area (Å²) in [4.78, 5) is 22.5. The third-order valence-electron chi connectivity index (χ3n) is 3.27. The Bertz CT molecular complexity index is 919. The largest absolute Gasteiger partial charge is 0.507 e. The van der Waals surface area contributed by atoms with Crippen molar-refractivity contribution < 1.29 is 37.1 Å². The molecule has 0 aliphatic carbocycles. The average molecular weight is 380 g/mol. The zero-order valence-electron chi connectivity index (χ0n) is 13.7. The van der Waals surface area contributed by atoms with Crippen molar-refractivity contribution in [2.24, 2.45) is 0 Å². The first kappa shape index (κ1) is 19.4. The van der Waals surface area contributed by atoms with Crippen LogP contribution in [0.3, 0.4) is 0 Å². The molecule has 0 saturated carbocycles. The highest BCUT2D eigenvalue weighted by Gasteiger charge is 2.24. The Balaban J connectivity index is 2.38. The summed E-state index contributed by atoms with van der Waals surface area (Å²) in [5.41, 5.74) is -0.0798. The lowest BCUT2D eigenvalue weighted by atomic mass is 10.0. The standard InChI is InChI=1S/C17H16O8S/c1-11(18)24-7-8-25-15-10-14(19)13(9-16(15)26(21,22)23)17(20)12-5-3-2-4-6-12/h2-6,9-10,19H,7-8H2,1H3,(H,21,22,23). The van der Waals surface area contributed by atoms with Crippen molar-refractivity contribution in [3.8, 4) is 11.5 Å². The third-order valence-corrected chi connectivity index (χ3v) is 4.14. The molecule has 2 aromatic rings. The lowest BCUT2D eigenvalue weighted by Crippen LogP contribution is -2.12. The normalized spacial score (nSPS) is 11.0. The van der Waals surface area contributed by atoms with Gasteiger partial charge in [0.25, 0.3) is 10.1 Å². The Morgan fingerprint density at radius 3 is 2.31 bits per heavy atom. The molecule has 0 atom stereocenters. The summed E-state index contributed by atoms with van der Waals surface area (Å²) in [6, 6.07) is 9.66. The Kier molecular flexibility index (Phi) is 5.96. The van der Waals surface area contributed by atoms with Gasteiger partial charge in [-0.1, -0.05) is 30.3 Å². The fraction of sp³-hybridized carbons (Fsp3) is 0.176. The van der Waals surface area contributed by atoms with Crippen LogP contribution in [-0.2, 0) is 19.6 Å². The molecule has 9 heteroatoms. The van der Waals surface area contributed by atoms with Crippen molar-refractivity contribution in [1.82, 2.24) is 0 Å². The maximum Gasteiger partial charge on any atom is 0.302 e. The van der Waals surface area contributed by atoms with Gasteiger partial charge < -0.3 is 14.6 Å². The van der Waals surface area contributed by atoms with Crippen LogP contribution in [0.4, 0.5) is 0 Å². The molecule has 8 nitrogen and oxygen atoms in total. The van der Waals surface area contributed by atoms with Crippen LogP contribution in [0.5, 0.6) is 11.5 Å². The first-order chi connectivity index (χ1) is 12.2. The number of ether oxygens (including phenoxy) is 2. The number of hydrogen-bond donors (Lipinski definition) is 2. The predicted molar refractivity (Wildman–Crippen MR) is 89.9 cm³/mol. The number of phenols is 1. The zero-order valence-corrected chi connectivity index (χ0v) is 14.5. The fourth-order valence-electron chi connectivity index (χ4n) is 2.13. The van der Waals surface area contributed by atoms with E-state index >= 15 is 0 Å². The second kappa shape index (κ2) is 7.98. The maximum absolute atomic E-state index is 12.5. The summed E-state index contributed by atoms with van der Waals surface area (Å²) >= 11 is 0. The van der Waals surface area contributed by atoms with Gasteiger partial charge in [0.1, 0.15) is 29.6 Å². The number of carbonyl (C=O) groups excluding carboxylic acids is 2. The van der Waals surface area contributed by atoms with Crippen LogP contribution >= 0.6 is 0 Å². The van der Waals surface area contributed by atoms with E-state index in [-0.39, 0.29) is 30.1 Å². The van der Waals surface area contributed by atoms with Crippen LogP contribution in [0.2, 0.25) is 0 Å². The number of carbonyl (C=O) groups is 2. The number of phenolic OH excluding ortho intramolecular Hbond substituents is 1. The summed E-state index contributed by atoms with van der Waals surface area (Å²) in [6.07, 6.45) is 0. The minimum absolute atomic E-state index is 0.161. The van der Waals surface area contributed by atoms with Crippen molar-refractivity contribution in [2.45, 2.75) is 11.8 Å². The molecule has 0 unspecified atom stereocenters. The molecule has 0 aromatic heterocycles. The van der Waals surface area contributed by atoms with Gasteiger partial charge in [0.2, 0.25) is 0 Å². The Morgan fingerprint density at radius 1 is 1.08 bits per heavy atom. The highest BCUT2D eigenvalue weighted by atomic mass is 32.2. The molecule has 0 bridgehead atoms. The fourth-order valence-corrected chi connectivity index (χ4v) is 2.77. The van der Waals surface area contributed by atoms with E-state index in [1.807, 2.05) is 0 Å². The molecular formula is C17H16O8S. The van der Waals surface area contributed by atoms with Gasteiger partial charge in [-0.3, -0.25) is 14.1 Å². The molecule has 138 valence electrons. The van der Waals surface area contributed by atoms with E-state index in [1.165, 1.54) is 19.1 Å². The Hall–Kier alpha value is -2.91. The van der Waals surface area contributed by atoms with Gasteiger partial charge in [-0.2, -0.15) is 8.42 Å². The van der Waals surface area contributed by atoms with Crippen molar-refractivity contribution in [1.29, 1.82) is 0 Å². The van der Waals surface area contributed by atoms with E-state index in [2.05, 4.69) is 4.74 Å². The second-order valence-corrected chi connectivity index (χ2v) is 6.56. The molecule has 2 N–H and O–H groups in total. The number of esters is 1. The van der Waals surface area contributed by atoms with Gasteiger partial charge >= 0.3 is 5.97 Å². The molecule has 2 aromatic carbocycles. The zero-order chi connectivity index (χ0) is 19.3. The summed E-state index contributed by atoms with van der Waals surface area (Å²) in [6.45, 7) is 0.818. The van der Waals surface area contributed by atoms with Gasteiger partial charge in [-0.25, -0.2) is 0 Å². The van der Waals surface area contributed by atoms with Crippen molar-refractivity contribution in [2.75, 3.05) is 13.2 Å². The monoisotopic (exact) mass is 380 g/mol. The van der Waals surface area contributed by atoms with Crippen molar-refractivity contribution in [3.05, 3.63) is 53.6 Å². The molecule has 0 radical (unpaired) electrons. The Labute approximate surface area is 149 Å². The van der Waals surface area contributed by atoms with E-state index in [1.54, 1.807) is 18.2 Å². The maximum atomic E-state index is 12.5. The summed E-state index contributed by atoms with van der Waals surface area (Å²) in [5, 5.41) is 10.1. The van der Waals surface area contributed by atoms with Gasteiger partial charge in [-0.05, 0) is 6.07 Å². The Morgan fingerprint density at radius 2 is 1.73 bits per heavy atom. The number of benzene rings is 2. The number of hydrogen-bond acceptors (Lipinski definition) is 7. The number of ketones is 1. The molecule has 0 heterocycles. The minimum Gasteiger partial charge on any atom is -0.507 e. The third kappa shape index (κ3) is 4.80. The molecule has 26 heavy (non-hydrogen) atoms. The molecule has 0 spiro atoms. The van der Waals surface area contributed by atoms with Crippen LogP contribution in [0, 0.1) is 0 Å². The van der Waals surface area contributed by atoms with Crippen molar-refractivity contribution >= 4 is 21.9 Å². The van der Waals surface area contributed by atoms with Gasteiger partial charge in [0.05, 0.1) is 5.56 Å². The molecule has 0 saturated heterocycles. The second-order valence-electron chi connectivity index (χ2n) is 5.17. The van der Waals surface area contributed by atoms with E-state index in [9.17, 15) is 27.7 Å². The predicted octanol–water partition coefficient (Wildman–Crippen LogP) is 1.81. The van der Waals surface area contributed by atoms with E-state index < -0.39 is 32.5 Å². The quantitative estimate of drug-likeness (QED) is 0.322. The summed E-state index contributed by atoms with van der Waals surface area (Å²) in [5.74, 6) is -2.06. The molecular weight excluding hydrogens is 364 g/mol. The van der Waals surface area contributed by atoms with E-state index in [0.29, 0.717) is 0 Å². The van der Waals surface area contributed by atoms with Crippen molar-refractivity contribution in [3.63, 3.8) is 0 Å². The highest BCUT2D eigenvalue weighted by molar-refractivity contribution is 7.86. The highest BCUT2D eigenvalue weighted by Crippen LogP contribution is 2.33.